The van der Waals surface area contributed by atoms with Gasteiger partial charge in [0.15, 0.2) is 16.8 Å². The molecule has 6 nitrogen and oxygen atoms in total. The van der Waals surface area contributed by atoms with E-state index in [0.29, 0.717) is 0 Å². The highest BCUT2D eigenvalue weighted by atomic mass is 32.2. The molecule has 0 N–H and O–H groups in total. The first kappa shape index (κ1) is 22.5. The minimum atomic E-state index is 0.0891. The van der Waals surface area contributed by atoms with Crippen molar-refractivity contribution in [2.24, 2.45) is 7.05 Å². The number of hydrogen-bond acceptors (Lipinski definition) is 6. The van der Waals surface area contributed by atoms with E-state index in [1.807, 2.05) is 66.3 Å². The molecule has 7 heteroatoms. The van der Waals surface area contributed by atoms with Crippen LogP contribution in [0.3, 0.4) is 0 Å². The summed E-state index contributed by atoms with van der Waals surface area (Å²) in [5, 5.41) is 9.62. The molecule has 0 amide bonds. The first-order chi connectivity index (χ1) is 16.7. The van der Waals surface area contributed by atoms with Gasteiger partial charge in [-0.3, -0.25) is 14.7 Å². The zero-order valence-electron chi connectivity index (χ0n) is 19.2. The van der Waals surface area contributed by atoms with E-state index in [0.717, 1.165) is 65.9 Å². The highest BCUT2D eigenvalue weighted by Gasteiger charge is 2.19. The average molecular weight is 470 g/mol. The fourth-order valence-corrected chi connectivity index (χ4v) is 5.18. The highest BCUT2D eigenvalue weighted by molar-refractivity contribution is 7.99. The van der Waals surface area contributed by atoms with Crippen molar-refractivity contribution >= 4 is 17.5 Å². The van der Waals surface area contributed by atoms with Crippen LogP contribution < -0.4 is 0 Å². The molecule has 1 aliphatic heterocycles. The SMILES string of the molecule is Cn1c(SCCCN2CCc3ccc(C(=O)c4ccccc4)cc3C2)nnc1-c1cccnc1. The Morgan fingerprint density at radius 1 is 1.00 bits per heavy atom. The monoisotopic (exact) mass is 469 g/mol. The minimum Gasteiger partial charge on any atom is -0.305 e. The Morgan fingerprint density at radius 2 is 1.88 bits per heavy atom. The van der Waals surface area contributed by atoms with E-state index in [1.54, 1.807) is 18.0 Å². The molecule has 34 heavy (non-hydrogen) atoms. The molecule has 1 aliphatic rings. The molecule has 4 aromatic rings. The highest BCUT2D eigenvalue weighted by Crippen LogP contribution is 2.24. The van der Waals surface area contributed by atoms with E-state index < -0.39 is 0 Å². The molecular formula is C27H27N5OS. The van der Waals surface area contributed by atoms with Gasteiger partial charge in [0.1, 0.15) is 0 Å². The lowest BCUT2D eigenvalue weighted by molar-refractivity contribution is 0.103. The molecule has 0 saturated heterocycles. The third-order valence-electron chi connectivity index (χ3n) is 6.20. The number of carbonyl (C=O) groups excluding carboxylic acids is 1. The molecule has 172 valence electrons. The van der Waals surface area contributed by atoms with Crippen molar-refractivity contribution in [2.45, 2.75) is 24.5 Å². The molecule has 0 aliphatic carbocycles. The summed E-state index contributed by atoms with van der Waals surface area (Å²) in [6.07, 6.45) is 5.67. The van der Waals surface area contributed by atoms with Crippen molar-refractivity contribution in [1.82, 2.24) is 24.6 Å². The van der Waals surface area contributed by atoms with Gasteiger partial charge in [-0.05, 0) is 48.7 Å². The molecule has 0 spiro atoms. The molecule has 0 atom stereocenters. The number of benzene rings is 2. The second kappa shape index (κ2) is 10.3. The number of aromatic nitrogens is 4. The Bertz CT molecular complexity index is 1270. The fraction of sp³-hybridized carbons (Fsp3) is 0.259. The molecule has 0 unspecified atom stereocenters. The van der Waals surface area contributed by atoms with E-state index in [2.05, 4.69) is 32.2 Å². The van der Waals surface area contributed by atoms with Crippen molar-refractivity contribution in [1.29, 1.82) is 0 Å². The van der Waals surface area contributed by atoms with Crippen molar-refractivity contribution in [2.75, 3.05) is 18.8 Å². The summed E-state index contributed by atoms with van der Waals surface area (Å²) < 4.78 is 2.03. The van der Waals surface area contributed by atoms with Crippen LogP contribution in [0.15, 0.2) is 78.2 Å². The van der Waals surface area contributed by atoms with Gasteiger partial charge in [-0.1, -0.05) is 54.2 Å². The van der Waals surface area contributed by atoms with Crippen LogP contribution in [-0.4, -0.2) is 49.3 Å². The second-order valence-electron chi connectivity index (χ2n) is 8.51. The maximum atomic E-state index is 12.8. The molecule has 5 rings (SSSR count). The fourth-order valence-electron chi connectivity index (χ4n) is 4.34. The number of carbonyl (C=O) groups is 1. The number of fused-ring (bicyclic) bond motifs is 1. The summed E-state index contributed by atoms with van der Waals surface area (Å²) in [6, 6.07) is 19.6. The second-order valence-corrected chi connectivity index (χ2v) is 9.58. The normalized spacial score (nSPS) is 13.6. The summed E-state index contributed by atoms with van der Waals surface area (Å²) in [5.74, 6) is 1.91. The predicted octanol–water partition coefficient (Wildman–Crippen LogP) is 4.65. The summed E-state index contributed by atoms with van der Waals surface area (Å²) in [6.45, 7) is 2.97. The van der Waals surface area contributed by atoms with E-state index in [4.69, 9.17) is 0 Å². The Labute approximate surface area is 204 Å². The van der Waals surface area contributed by atoms with E-state index in [-0.39, 0.29) is 5.78 Å². The Morgan fingerprint density at radius 3 is 2.71 bits per heavy atom. The van der Waals surface area contributed by atoms with Crippen molar-refractivity contribution in [3.8, 4) is 11.4 Å². The van der Waals surface area contributed by atoms with E-state index >= 15 is 0 Å². The van der Waals surface area contributed by atoms with Gasteiger partial charge in [0.25, 0.3) is 0 Å². The zero-order chi connectivity index (χ0) is 23.3. The van der Waals surface area contributed by atoms with E-state index in [9.17, 15) is 4.79 Å². The van der Waals surface area contributed by atoms with Crippen LogP contribution >= 0.6 is 11.8 Å². The predicted molar refractivity (Wildman–Crippen MR) is 135 cm³/mol. The summed E-state index contributed by atoms with van der Waals surface area (Å²) >= 11 is 1.74. The van der Waals surface area contributed by atoms with Gasteiger partial charge in [0.2, 0.25) is 0 Å². The van der Waals surface area contributed by atoms with Gasteiger partial charge in [-0.15, -0.1) is 10.2 Å². The topological polar surface area (TPSA) is 63.9 Å². The van der Waals surface area contributed by atoms with Gasteiger partial charge < -0.3 is 4.57 Å². The lowest BCUT2D eigenvalue weighted by atomic mass is 9.94. The maximum Gasteiger partial charge on any atom is 0.193 e. The summed E-state index contributed by atoms with van der Waals surface area (Å²) in [5.41, 5.74) is 5.12. The first-order valence-corrected chi connectivity index (χ1v) is 12.5. The molecule has 3 heterocycles. The molecule has 0 saturated carbocycles. The summed E-state index contributed by atoms with van der Waals surface area (Å²) in [4.78, 5) is 19.5. The number of hydrogen-bond donors (Lipinski definition) is 0. The number of nitrogens with zero attached hydrogens (tertiary/aromatic N) is 5. The van der Waals surface area contributed by atoms with Gasteiger partial charge in [-0.2, -0.15) is 0 Å². The number of rotatable bonds is 8. The molecular weight excluding hydrogens is 442 g/mol. The summed E-state index contributed by atoms with van der Waals surface area (Å²) in [7, 11) is 2.00. The van der Waals surface area contributed by atoms with Crippen molar-refractivity contribution in [3.05, 3.63) is 95.3 Å². The Kier molecular flexibility index (Phi) is 6.83. The average Bonchev–Trinajstić information content (AvgIpc) is 3.26. The Balaban J connectivity index is 1.15. The third-order valence-corrected chi connectivity index (χ3v) is 7.31. The zero-order valence-corrected chi connectivity index (χ0v) is 20.0. The molecule has 0 radical (unpaired) electrons. The van der Waals surface area contributed by atoms with Crippen LogP contribution in [0.25, 0.3) is 11.4 Å². The lowest BCUT2D eigenvalue weighted by Crippen LogP contribution is -2.31. The number of pyridine rings is 1. The lowest BCUT2D eigenvalue weighted by Gasteiger charge is -2.29. The molecule has 2 aromatic carbocycles. The van der Waals surface area contributed by atoms with Crippen molar-refractivity contribution in [3.63, 3.8) is 0 Å². The van der Waals surface area contributed by atoms with E-state index in [1.165, 1.54) is 11.1 Å². The van der Waals surface area contributed by atoms with Crippen LogP contribution in [0.1, 0.15) is 33.5 Å². The van der Waals surface area contributed by atoms with Crippen LogP contribution in [0.5, 0.6) is 0 Å². The van der Waals surface area contributed by atoms with Gasteiger partial charge in [-0.25, -0.2) is 0 Å². The quantitative estimate of drug-likeness (QED) is 0.213. The first-order valence-electron chi connectivity index (χ1n) is 11.6. The van der Waals surface area contributed by atoms with Crippen LogP contribution in [-0.2, 0) is 20.0 Å². The number of thioether (sulfide) groups is 1. The molecule has 0 fully saturated rings. The molecule has 2 aromatic heterocycles. The number of ketones is 1. The molecule has 0 bridgehead atoms. The third kappa shape index (κ3) is 4.95. The van der Waals surface area contributed by atoms with Crippen LogP contribution in [0, 0.1) is 0 Å². The Hall–Kier alpha value is -3.29. The minimum absolute atomic E-state index is 0.0891. The largest absolute Gasteiger partial charge is 0.305 e. The van der Waals surface area contributed by atoms with Crippen LogP contribution in [0.4, 0.5) is 0 Å². The standard InChI is InChI=1S/C27H27N5OS/c1-31-26(23-9-5-13-28-18-23)29-30-27(31)34-16-6-14-32-15-12-20-10-11-22(17-24(20)19-32)25(33)21-7-3-2-4-8-21/h2-5,7-11,13,17-18H,6,12,14-16,19H2,1H3. The van der Waals surface area contributed by atoms with Crippen molar-refractivity contribution < 1.29 is 4.79 Å². The van der Waals surface area contributed by atoms with Crippen LogP contribution in [0.2, 0.25) is 0 Å². The maximum absolute atomic E-state index is 12.8. The van der Waals surface area contributed by atoms with Gasteiger partial charge in [0, 0.05) is 55.0 Å². The smallest absolute Gasteiger partial charge is 0.193 e. The van der Waals surface area contributed by atoms with Gasteiger partial charge in [0.05, 0.1) is 0 Å². The van der Waals surface area contributed by atoms with Gasteiger partial charge >= 0.3 is 0 Å².